The van der Waals surface area contributed by atoms with E-state index in [-0.39, 0.29) is 12.4 Å². The standard InChI is InChI=1S/C47H35Cl2NO3/c1-3-53-47(52)46-30-44(43(31(2)51)29-45(46)37-26-38(48)28-39(49)27-37)36-18-24-42(25-19-36)50(40-20-14-34(15-21-40)32-10-6-4-7-11-32)41-22-16-35(17-23-41)33-12-8-5-9-13-33/h4-30H,3H2,1-2H3. The number of rotatable bonds is 10. The third kappa shape index (κ3) is 7.80. The quantitative estimate of drug-likeness (QED) is 0.104. The summed E-state index contributed by atoms with van der Waals surface area (Å²) in [6.07, 6.45) is 0. The molecule has 0 saturated carbocycles. The third-order valence-electron chi connectivity index (χ3n) is 9.11. The van der Waals surface area contributed by atoms with E-state index >= 15 is 0 Å². The van der Waals surface area contributed by atoms with Gasteiger partial charge in [0.05, 0.1) is 12.2 Å². The van der Waals surface area contributed by atoms with Crippen molar-refractivity contribution in [2.75, 3.05) is 11.5 Å². The number of carbonyl (C=O) groups excluding carboxylic acids is 2. The monoisotopic (exact) mass is 731 g/mol. The molecule has 0 amide bonds. The Hall–Kier alpha value is -5.94. The van der Waals surface area contributed by atoms with Gasteiger partial charge in [0, 0.05) is 32.7 Å². The Bertz CT molecular complexity index is 2290. The lowest BCUT2D eigenvalue weighted by molar-refractivity contribution is 0.0527. The predicted octanol–water partition coefficient (Wildman–Crippen LogP) is 13.5. The zero-order valence-corrected chi connectivity index (χ0v) is 30.7. The fraction of sp³-hybridized carbons (Fsp3) is 0.0638. The van der Waals surface area contributed by atoms with E-state index in [1.165, 1.54) is 6.92 Å². The summed E-state index contributed by atoms with van der Waals surface area (Å²) in [4.78, 5) is 28.8. The maximum absolute atomic E-state index is 13.4. The summed E-state index contributed by atoms with van der Waals surface area (Å²) in [6, 6.07) is 54.2. The molecule has 0 atom stereocenters. The lowest BCUT2D eigenvalue weighted by Crippen LogP contribution is -2.10. The fourth-order valence-corrected chi connectivity index (χ4v) is 7.09. The maximum Gasteiger partial charge on any atom is 0.338 e. The van der Waals surface area contributed by atoms with E-state index in [1.807, 2.05) is 60.7 Å². The van der Waals surface area contributed by atoms with Crippen molar-refractivity contribution in [1.29, 1.82) is 0 Å². The zero-order chi connectivity index (χ0) is 36.9. The van der Waals surface area contributed by atoms with Crippen LogP contribution in [-0.4, -0.2) is 18.4 Å². The van der Waals surface area contributed by atoms with Gasteiger partial charge in [-0.25, -0.2) is 4.79 Å². The van der Waals surface area contributed by atoms with E-state index < -0.39 is 5.97 Å². The molecule has 0 radical (unpaired) electrons. The van der Waals surface area contributed by atoms with Crippen molar-refractivity contribution in [2.45, 2.75) is 13.8 Å². The van der Waals surface area contributed by atoms with Gasteiger partial charge in [0.2, 0.25) is 0 Å². The van der Waals surface area contributed by atoms with Crippen LogP contribution in [0.2, 0.25) is 10.0 Å². The minimum Gasteiger partial charge on any atom is -0.462 e. The van der Waals surface area contributed by atoms with Crippen LogP contribution in [-0.2, 0) is 4.74 Å². The topological polar surface area (TPSA) is 46.6 Å². The molecule has 0 heterocycles. The Balaban J connectivity index is 1.32. The number of hydrogen-bond acceptors (Lipinski definition) is 4. The normalized spacial score (nSPS) is 10.9. The summed E-state index contributed by atoms with van der Waals surface area (Å²) >= 11 is 12.7. The molecule has 0 aliphatic heterocycles. The van der Waals surface area contributed by atoms with E-state index in [0.717, 1.165) is 44.9 Å². The van der Waals surface area contributed by atoms with Gasteiger partial charge in [0.1, 0.15) is 0 Å². The Morgan fingerprint density at radius 2 is 0.887 bits per heavy atom. The van der Waals surface area contributed by atoms with E-state index in [2.05, 4.69) is 77.7 Å². The van der Waals surface area contributed by atoms with Crippen molar-refractivity contribution in [2.24, 2.45) is 0 Å². The number of ether oxygens (including phenoxy) is 1. The maximum atomic E-state index is 13.4. The van der Waals surface area contributed by atoms with Gasteiger partial charge in [-0.2, -0.15) is 0 Å². The molecular weight excluding hydrogens is 697 g/mol. The molecule has 0 aromatic heterocycles. The highest BCUT2D eigenvalue weighted by Crippen LogP contribution is 2.40. The summed E-state index contributed by atoms with van der Waals surface area (Å²) in [5.74, 6) is -0.650. The number of esters is 1. The lowest BCUT2D eigenvalue weighted by Gasteiger charge is -2.26. The highest BCUT2D eigenvalue weighted by Gasteiger charge is 2.22. The number of halogens is 2. The number of benzene rings is 7. The molecule has 0 aliphatic carbocycles. The highest BCUT2D eigenvalue weighted by molar-refractivity contribution is 6.35. The fourth-order valence-electron chi connectivity index (χ4n) is 6.56. The van der Waals surface area contributed by atoms with E-state index in [0.29, 0.717) is 37.9 Å². The number of anilines is 3. The van der Waals surface area contributed by atoms with Gasteiger partial charge in [-0.05, 0) is 125 Å². The minimum absolute atomic E-state index is 0.146. The largest absolute Gasteiger partial charge is 0.462 e. The van der Waals surface area contributed by atoms with Crippen LogP contribution in [0.25, 0.3) is 44.5 Å². The van der Waals surface area contributed by atoms with Gasteiger partial charge in [-0.1, -0.05) is 120 Å². The Kier molecular flexibility index (Phi) is 10.5. The number of hydrogen-bond donors (Lipinski definition) is 0. The summed E-state index contributed by atoms with van der Waals surface area (Å²) in [5, 5.41) is 0.834. The van der Waals surface area contributed by atoms with Crippen LogP contribution in [0.5, 0.6) is 0 Å². The number of ketones is 1. The number of carbonyl (C=O) groups is 2. The first-order valence-corrected chi connectivity index (χ1v) is 18.1. The van der Waals surface area contributed by atoms with Crippen LogP contribution < -0.4 is 4.90 Å². The van der Waals surface area contributed by atoms with Crippen LogP contribution in [0.3, 0.4) is 0 Å². The molecule has 260 valence electrons. The third-order valence-corrected chi connectivity index (χ3v) is 9.54. The first kappa shape index (κ1) is 35.5. The molecule has 4 nitrogen and oxygen atoms in total. The second-order valence-corrected chi connectivity index (χ2v) is 13.5. The highest BCUT2D eigenvalue weighted by atomic mass is 35.5. The summed E-state index contributed by atoms with van der Waals surface area (Å²) in [6.45, 7) is 3.47. The summed E-state index contributed by atoms with van der Waals surface area (Å²) < 4.78 is 5.47. The van der Waals surface area contributed by atoms with Crippen molar-refractivity contribution in [3.05, 3.63) is 185 Å². The van der Waals surface area contributed by atoms with Crippen LogP contribution >= 0.6 is 23.2 Å². The van der Waals surface area contributed by atoms with Crippen molar-refractivity contribution in [3.8, 4) is 44.5 Å². The van der Waals surface area contributed by atoms with Crippen molar-refractivity contribution in [1.82, 2.24) is 0 Å². The molecule has 7 aromatic carbocycles. The van der Waals surface area contributed by atoms with Gasteiger partial charge < -0.3 is 9.64 Å². The first-order valence-electron chi connectivity index (χ1n) is 17.3. The van der Waals surface area contributed by atoms with Gasteiger partial charge in [-0.3, -0.25) is 4.79 Å². The smallest absolute Gasteiger partial charge is 0.338 e. The van der Waals surface area contributed by atoms with Crippen molar-refractivity contribution in [3.63, 3.8) is 0 Å². The Morgan fingerprint density at radius 1 is 0.491 bits per heavy atom. The van der Waals surface area contributed by atoms with Crippen LogP contribution in [0, 0.1) is 0 Å². The Morgan fingerprint density at radius 3 is 1.32 bits per heavy atom. The molecule has 0 saturated heterocycles. The number of Topliss-reactive ketones (excluding diaryl/α,β-unsaturated/α-hetero) is 1. The first-order chi connectivity index (χ1) is 25.8. The predicted molar refractivity (Wildman–Crippen MR) is 219 cm³/mol. The molecular formula is C47H35Cl2NO3. The van der Waals surface area contributed by atoms with E-state index in [9.17, 15) is 9.59 Å². The molecule has 0 aliphatic rings. The summed E-state index contributed by atoms with van der Waals surface area (Å²) in [7, 11) is 0. The lowest BCUT2D eigenvalue weighted by atomic mass is 9.89. The molecule has 0 spiro atoms. The van der Waals surface area contributed by atoms with Gasteiger partial charge in [-0.15, -0.1) is 0 Å². The number of nitrogens with zero attached hydrogens (tertiary/aromatic N) is 1. The molecule has 0 unspecified atom stereocenters. The van der Waals surface area contributed by atoms with Crippen LogP contribution in [0.4, 0.5) is 17.1 Å². The molecule has 0 N–H and O–H groups in total. The second-order valence-electron chi connectivity index (χ2n) is 12.6. The van der Waals surface area contributed by atoms with E-state index in [4.69, 9.17) is 27.9 Å². The zero-order valence-electron chi connectivity index (χ0n) is 29.2. The molecule has 53 heavy (non-hydrogen) atoms. The molecule has 0 fully saturated rings. The molecule has 7 rings (SSSR count). The SMILES string of the molecule is CCOC(=O)c1cc(-c2ccc(N(c3ccc(-c4ccccc4)cc3)c3ccc(-c4ccccc4)cc3)cc2)c(C(C)=O)cc1-c1cc(Cl)cc(Cl)c1. The van der Waals surface area contributed by atoms with Crippen molar-refractivity contribution >= 4 is 52.0 Å². The second kappa shape index (κ2) is 15.7. The molecule has 6 heteroatoms. The van der Waals surface area contributed by atoms with Crippen LogP contribution in [0.1, 0.15) is 34.6 Å². The van der Waals surface area contributed by atoms with Crippen LogP contribution in [0.15, 0.2) is 164 Å². The molecule has 0 bridgehead atoms. The van der Waals surface area contributed by atoms with E-state index in [1.54, 1.807) is 37.3 Å². The summed E-state index contributed by atoms with van der Waals surface area (Å²) in [5.41, 5.74) is 10.8. The average molecular weight is 733 g/mol. The Labute approximate surface area is 319 Å². The molecule has 7 aromatic rings. The van der Waals surface area contributed by atoms with Gasteiger partial charge in [0.15, 0.2) is 5.78 Å². The van der Waals surface area contributed by atoms with Gasteiger partial charge >= 0.3 is 5.97 Å². The average Bonchev–Trinajstić information content (AvgIpc) is 3.19. The van der Waals surface area contributed by atoms with Crippen molar-refractivity contribution < 1.29 is 14.3 Å². The minimum atomic E-state index is -0.504. The van der Waals surface area contributed by atoms with Gasteiger partial charge in [0.25, 0.3) is 0 Å².